The summed E-state index contributed by atoms with van der Waals surface area (Å²) in [4.78, 5) is 20.0. The summed E-state index contributed by atoms with van der Waals surface area (Å²) in [5.74, 6) is -0.111. The molecule has 0 spiro atoms. The summed E-state index contributed by atoms with van der Waals surface area (Å²) in [6, 6.07) is 6.81. The van der Waals surface area contributed by atoms with Crippen molar-refractivity contribution >= 4 is 40.2 Å². The zero-order valence-electron chi connectivity index (χ0n) is 10.1. The molecule has 100 valence electrons. The molecule has 0 fully saturated rings. The van der Waals surface area contributed by atoms with E-state index in [1.165, 1.54) is 11.3 Å². The Morgan fingerprint density at radius 1 is 1.25 bits per heavy atom. The maximum Gasteiger partial charge on any atom is 0.286 e. The molecular formula is C13H9N3O2S2. The van der Waals surface area contributed by atoms with Gasteiger partial charge in [-0.25, -0.2) is 4.98 Å². The number of phenolic OH excluding ortho intramolecular Hbond substituents is 1. The lowest BCUT2D eigenvalue weighted by Gasteiger charge is -1.95. The van der Waals surface area contributed by atoms with E-state index in [1.807, 2.05) is 5.38 Å². The Balaban J connectivity index is 1.86. The van der Waals surface area contributed by atoms with Crippen LogP contribution in [0.1, 0.15) is 5.69 Å². The first-order valence-electron chi connectivity index (χ1n) is 5.65. The number of carbonyl (C=O) groups is 1. The Morgan fingerprint density at radius 2 is 2.00 bits per heavy atom. The minimum Gasteiger partial charge on any atom is -0.508 e. The number of amides is 1. The quantitative estimate of drug-likeness (QED) is 0.832. The second-order valence-corrected chi connectivity index (χ2v) is 5.91. The Hall–Kier alpha value is -2.12. The van der Waals surface area contributed by atoms with E-state index in [2.05, 4.69) is 9.98 Å². The smallest absolute Gasteiger partial charge is 0.286 e. The van der Waals surface area contributed by atoms with Gasteiger partial charge in [-0.1, -0.05) is 0 Å². The molecule has 7 heteroatoms. The van der Waals surface area contributed by atoms with Gasteiger partial charge in [0.05, 0.1) is 10.6 Å². The van der Waals surface area contributed by atoms with Crippen molar-refractivity contribution in [3.63, 3.8) is 0 Å². The molecule has 1 amide bonds. The number of aliphatic imine (C=N–C) groups is 1. The van der Waals surface area contributed by atoms with Crippen LogP contribution < -0.4 is 5.73 Å². The summed E-state index contributed by atoms with van der Waals surface area (Å²) >= 11 is 2.61. The first kappa shape index (κ1) is 12.9. The fraction of sp³-hybridized carbons (Fsp3) is 0. The molecule has 1 aliphatic heterocycles. The van der Waals surface area contributed by atoms with E-state index in [9.17, 15) is 9.90 Å². The summed E-state index contributed by atoms with van der Waals surface area (Å²) in [5.41, 5.74) is 7.10. The van der Waals surface area contributed by atoms with Crippen LogP contribution in [-0.4, -0.2) is 21.2 Å². The molecule has 3 rings (SSSR count). The number of benzene rings is 1. The molecule has 2 heterocycles. The lowest BCUT2D eigenvalue weighted by atomic mass is 10.2. The molecule has 2 aromatic rings. The SMILES string of the molecule is NC1=NC(=O)/C(=C\c2csc(-c3ccc(O)cc3)n2)S1. The zero-order chi connectivity index (χ0) is 14.1. The lowest BCUT2D eigenvalue weighted by molar-refractivity contribution is -0.113. The highest BCUT2D eigenvalue weighted by atomic mass is 32.2. The predicted molar refractivity (Wildman–Crippen MR) is 81.4 cm³/mol. The van der Waals surface area contributed by atoms with Crippen LogP contribution in [0.5, 0.6) is 5.75 Å². The molecule has 1 aromatic carbocycles. The summed E-state index contributed by atoms with van der Waals surface area (Å²) in [7, 11) is 0. The molecular weight excluding hydrogens is 294 g/mol. The summed E-state index contributed by atoms with van der Waals surface area (Å²) in [6.07, 6.45) is 1.68. The van der Waals surface area contributed by atoms with Crippen molar-refractivity contribution in [2.75, 3.05) is 0 Å². The molecule has 3 N–H and O–H groups in total. The third-order valence-corrected chi connectivity index (χ3v) is 4.27. The second kappa shape index (κ2) is 5.10. The summed E-state index contributed by atoms with van der Waals surface area (Å²) < 4.78 is 0. The summed E-state index contributed by atoms with van der Waals surface area (Å²) in [6.45, 7) is 0. The normalized spacial score (nSPS) is 16.7. The van der Waals surface area contributed by atoms with Crippen molar-refractivity contribution in [2.45, 2.75) is 0 Å². The van der Waals surface area contributed by atoms with Crippen LogP contribution in [0.25, 0.3) is 16.6 Å². The Kier molecular flexibility index (Phi) is 3.29. The largest absolute Gasteiger partial charge is 0.508 e. The van der Waals surface area contributed by atoms with Gasteiger partial charge in [0.15, 0.2) is 5.17 Å². The van der Waals surface area contributed by atoms with E-state index in [-0.39, 0.29) is 16.8 Å². The zero-order valence-corrected chi connectivity index (χ0v) is 11.7. The maximum absolute atomic E-state index is 11.5. The molecule has 1 aliphatic rings. The van der Waals surface area contributed by atoms with Gasteiger partial charge in [-0.2, -0.15) is 4.99 Å². The van der Waals surface area contributed by atoms with Crippen LogP contribution in [0.4, 0.5) is 0 Å². The van der Waals surface area contributed by atoms with Gasteiger partial charge in [0.2, 0.25) is 0 Å². The Morgan fingerprint density at radius 3 is 2.65 bits per heavy atom. The standard InChI is InChI=1S/C13H9N3O2S2/c14-13-16-11(18)10(20-13)5-8-6-19-12(15-8)7-1-3-9(17)4-2-7/h1-6,17H,(H2,14,16,18)/b10-5+. The Labute approximate surface area is 122 Å². The van der Waals surface area contributed by atoms with Crippen LogP contribution in [-0.2, 0) is 4.79 Å². The fourth-order valence-electron chi connectivity index (χ4n) is 1.65. The van der Waals surface area contributed by atoms with E-state index >= 15 is 0 Å². The molecule has 0 saturated heterocycles. The molecule has 0 saturated carbocycles. The van der Waals surface area contributed by atoms with E-state index in [1.54, 1.807) is 30.3 Å². The summed E-state index contributed by atoms with van der Waals surface area (Å²) in [5, 5.41) is 12.2. The van der Waals surface area contributed by atoms with E-state index in [0.717, 1.165) is 22.3 Å². The Bertz CT molecular complexity index is 732. The molecule has 1 aromatic heterocycles. The molecule has 5 nitrogen and oxygen atoms in total. The number of thioether (sulfide) groups is 1. The predicted octanol–water partition coefficient (Wildman–Crippen LogP) is 2.44. The number of carbonyl (C=O) groups excluding carboxylic acids is 1. The van der Waals surface area contributed by atoms with Crippen molar-refractivity contribution in [3.05, 3.63) is 40.2 Å². The van der Waals surface area contributed by atoms with Gasteiger partial charge in [0.1, 0.15) is 10.8 Å². The minimum absolute atomic E-state index is 0.216. The number of nitrogens with two attached hydrogens (primary N) is 1. The fourth-order valence-corrected chi connectivity index (χ4v) is 3.10. The van der Waals surface area contributed by atoms with E-state index in [0.29, 0.717) is 10.6 Å². The average Bonchev–Trinajstić information content (AvgIpc) is 2.98. The number of aromatic nitrogens is 1. The molecule has 0 bridgehead atoms. The molecule has 20 heavy (non-hydrogen) atoms. The highest BCUT2D eigenvalue weighted by Gasteiger charge is 2.19. The molecule has 0 atom stereocenters. The lowest BCUT2D eigenvalue weighted by Crippen LogP contribution is -2.01. The van der Waals surface area contributed by atoms with Crippen LogP contribution in [0.3, 0.4) is 0 Å². The third kappa shape index (κ3) is 2.59. The van der Waals surface area contributed by atoms with Gasteiger partial charge < -0.3 is 10.8 Å². The highest BCUT2D eigenvalue weighted by molar-refractivity contribution is 8.18. The first-order valence-corrected chi connectivity index (χ1v) is 7.34. The van der Waals surface area contributed by atoms with Gasteiger partial charge in [0.25, 0.3) is 5.91 Å². The van der Waals surface area contributed by atoms with Crippen LogP contribution >= 0.6 is 23.1 Å². The van der Waals surface area contributed by atoms with Crippen LogP contribution in [0, 0.1) is 0 Å². The van der Waals surface area contributed by atoms with Gasteiger partial charge >= 0.3 is 0 Å². The number of rotatable bonds is 2. The molecule has 0 aliphatic carbocycles. The van der Waals surface area contributed by atoms with Crippen LogP contribution in [0.15, 0.2) is 39.5 Å². The van der Waals surface area contributed by atoms with Crippen molar-refractivity contribution in [1.82, 2.24) is 4.98 Å². The van der Waals surface area contributed by atoms with Crippen molar-refractivity contribution < 1.29 is 9.90 Å². The number of hydrogen-bond acceptors (Lipinski definition) is 6. The minimum atomic E-state index is -0.327. The van der Waals surface area contributed by atoms with Crippen molar-refractivity contribution in [2.24, 2.45) is 10.7 Å². The number of hydrogen-bond donors (Lipinski definition) is 2. The number of aromatic hydroxyl groups is 1. The highest BCUT2D eigenvalue weighted by Crippen LogP contribution is 2.29. The number of thiazole rings is 1. The first-order chi connectivity index (χ1) is 9.61. The second-order valence-electron chi connectivity index (χ2n) is 3.99. The molecule has 0 radical (unpaired) electrons. The maximum atomic E-state index is 11.5. The average molecular weight is 303 g/mol. The van der Waals surface area contributed by atoms with Crippen LogP contribution in [0.2, 0.25) is 0 Å². The number of phenols is 1. The topological polar surface area (TPSA) is 88.6 Å². The van der Waals surface area contributed by atoms with E-state index in [4.69, 9.17) is 5.73 Å². The van der Waals surface area contributed by atoms with E-state index < -0.39 is 0 Å². The van der Waals surface area contributed by atoms with Crippen molar-refractivity contribution in [1.29, 1.82) is 0 Å². The van der Waals surface area contributed by atoms with Crippen molar-refractivity contribution in [3.8, 4) is 16.3 Å². The molecule has 0 unspecified atom stereocenters. The van der Waals surface area contributed by atoms with Gasteiger partial charge in [-0.05, 0) is 42.1 Å². The third-order valence-electron chi connectivity index (χ3n) is 2.55. The number of amidine groups is 1. The van der Waals surface area contributed by atoms with Gasteiger partial charge in [0, 0.05) is 10.9 Å². The monoisotopic (exact) mass is 303 g/mol. The number of nitrogens with zero attached hydrogens (tertiary/aromatic N) is 2. The van der Waals surface area contributed by atoms with Gasteiger partial charge in [-0.3, -0.25) is 4.79 Å². The van der Waals surface area contributed by atoms with Gasteiger partial charge in [-0.15, -0.1) is 11.3 Å².